The molecule has 3 aromatic rings. The van der Waals surface area contributed by atoms with E-state index in [0.29, 0.717) is 0 Å². The van der Waals surface area contributed by atoms with Crippen molar-refractivity contribution in [3.05, 3.63) is 53.9 Å². The molecule has 104 valence electrons. The number of benzene rings is 2. The number of aromatic nitrogens is 2. The van der Waals surface area contributed by atoms with Gasteiger partial charge < -0.3 is 10.6 Å². The van der Waals surface area contributed by atoms with Crippen LogP contribution < -0.4 is 10.6 Å². The highest BCUT2D eigenvalue weighted by atomic mass is 15.0. The maximum atomic E-state index is 4.55. The summed E-state index contributed by atoms with van der Waals surface area (Å²) in [5.41, 5.74) is 4.63. The van der Waals surface area contributed by atoms with Crippen LogP contribution in [0.4, 0.5) is 17.2 Å². The topological polar surface area (TPSA) is 49.8 Å². The highest BCUT2D eigenvalue weighted by molar-refractivity contribution is 5.90. The Morgan fingerprint density at radius 2 is 2.00 bits per heavy atom. The maximum absolute atomic E-state index is 4.55. The number of hydrogen-bond acceptors (Lipinski definition) is 4. The molecular weight excluding hydrogens is 260 g/mol. The molecule has 1 aliphatic heterocycles. The minimum absolute atomic E-state index is 0.777. The number of hydrogen-bond donors (Lipinski definition) is 2. The van der Waals surface area contributed by atoms with E-state index in [2.05, 4.69) is 38.8 Å². The summed E-state index contributed by atoms with van der Waals surface area (Å²) in [4.78, 5) is 9.03. The number of fused-ring (bicyclic) bond motifs is 2. The van der Waals surface area contributed by atoms with Crippen molar-refractivity contribution in [2.24, 2.45) is 0 Å². The molecule has 0 saturated carbocycles. The van der Waals surface area contributed by atoms with Crippen molar-refractivity contribution in [3.63, 3.8) is 0 Å². The molecule has 0 aliphatic carbocycles. The number of nitrogens with one attached hydrogen (secondary N) is 2. The molecule has 0 saturated heterocycles. The van der Waals surface area contributed by atoms with Crippen LogP contribution in [-0.4, -0.2) is 16.5 Å². The monoisotopic (exact) mass is 276 g/mol. The van der Waals surface area contributed by atoms with E-state index in [1.54, 1.807) is 0 Å². The number of rotatable bonds is 2. The van der Waals surface area contributed by atoms with Crippen molar-refractivity contribution >= 4 is 28.1 Å². The van der Waals surface area contributed by atoms with E-state index in [1.165, 1.54) is 11.3 Å². The molecule has 1 aromatic heterocycles. The van der Waals surface area contributed by atoms with E-state index in [0.717, 1.165) is 41.2 Å². The van der Waals surface area contributed by atoms with Gasteiger partial charge in [-0.25, -0.2) is 9.97 Å². The maximum Gasteiger partial charge on any atom is 0.142 e. The minimum atomic E-state index is 0.777. The van der Waals surface area contributed by atoms with Crippen LogP contribution in [0.3, 0.4) is 0 Å². The Labute approximate surface area is 123 Å². The Balaban J connectivity index is 1.77. The molecule has 0 spiro atoms. The summed E-state index contributed by atoms with van der Waals surface area (Å²) in [7, 11) is 0. The fourth-order valence-corrected chi connectivity index (χ4v) is 2.81. The first-order valence-corrected chi connectivity index (χ1v) is 7.17. The lowest BCUT2D eigenvalue weighted by Gasteiger charge is -2.11. The number of aryl methyl sites for hydroxylation is 1. The van der Waals surface area contributed by atoms with Crippen LogP contribution in [0.25, 0.3) is 10.9 Å². The van der Waals surface area contributed by atoms with Gasteiger partial charge in [-0.3, -0.25) is 0 Å². The largest absolute Gasteiger partial charge is 0.384 e. The van der Waals surface area contributed by atoms with E-state index in [9.17, 15) is 0 Å². The predicted molar refractivity (Wildman–Crippen MR) is 86.2 cm³/mol. The van der Waals surface area contributed by atoms with Gasteiger partial charge in [-0.05, 0) is 49.2 Å². The quantitative estimate of drug-likeness (QED) is 0.750. The van der Waals surface area contributed by atoms with Gasteiger partial charge in [-0.2, -0.15) is 0 Å². The van der Waals surface area contributed by atoms with Gasteiger partial charge in [-0.15, -0.1) is 0 Å². The lowest BCUT2D eigenvalue weighted by molar-refractivity contribution is 1.09. The van der Waals surface area contributed by atoms with Crippen LogP contribution >= 0.6 is 0 Å². The molecule has 0 radical (unpaired) electrons. The molecule has 4 nitrogen and oxygen atoms in total. The van der Waals surface area contributed by atoms with Crippen LogP contribution in [0.15, 0.2) is 42.5 Å². The van der Waals surface area contributed by atoms with Crippen molar-refractivity contribution in [1.29, 1.82) is 0 Å². The Kier molecular flexibility index (Phi) is 2.74. The summed E-state index contributed by atoms with van der Waals surface area (Å²) in [6.45, 7) is 2.94. The van der Waals surface area contributed by atoms with Gasteiger partial charge in [0.15, 0.2) is 0 Å². The van der Waals surface area contributed by atoms with E-state index < -0.39 is 0 Å². The standard InChI is InChI=1S/C17H16N4/c1-11-19-16-5-3-2-4-14(16)17(20-11)21-13-6-7-15-12(10-13)8-9-18-15/h2-7,10,18H,8-9H2,1H3,(H,19,20,21). The lowest BCUT2D eigenvalue weighted by Crippen LogP contribution is -1.99. The molecule has 4 rings (SSSR count). The molecule has 2 N–H and O–H groups in total. The fraction of sp³-hybridized carbons (Fsp3) is 0.176. The molecule has 0 unspecified atom stereocenters. The van der Waals surface area contributed by atoms with E-state index in [-0.39, 0.29) is 0 Å². The first kappa shape index (κ1) is 12.1. The molecule has 2 aromatic carbocycles. The van der Waals surface area contributed by atoms with Gasteiger partial charge in [0.05, 0.1) is 5.52 Å². The van der Waals surface area contributed by atoms with Crippen LogP contribution in [0.2, 0.25) is 0 Å². The number of para-hydroxylation sites is 1. The van der Waals surface area contributed by atoms with Gasteiger partial charge in [0, 0.05) is 23.3 Å². The summed E-state index contributed by atoms with van der Waals surface area (Å²) >= 11 is 0. The zero-order chi connectivity index (χ0) is 14.2. The number of nitrogens with zero attached hydrogens (tertiary/aromatic N) is 2. The van der Waals surface area contributed by atoms with Crippen LogP contribution in [0, 0.1) is 6.92 Å². The van der Waals surface area contributed by atoms with Crippen molar-refractivity contribution in [2.45, 2.75) is 13.3 Å². The average Bonchev–Trinajstić information content (AvgIpc) is 2.94. The zero-order valence-corrected chi connectivity index (χ0v) is 11.9. The Hall–Kier alpha value is -2.62. The zero-order valence-electron chi connectivity index (χ0n) is 11.9. The molecule has 0 atom stereocenters. The van der Waals surface area contributed by atoms with Crippen LogP contribution in [0.1, 0.15) is 11.4 Å². The predicted octanol–water partition coefficient (Wildman–Crippen LogP) is 3.65. The Morgan fingerprint density at radius 1 is 1.10 bits per heavy atom. The van der Waals surface area contributed by atoms with Crippen molar-refractivity contribution in [2.75, 3.05) is 17.2 Å². The highest BCUT2D eigenvalue weighted by Gasteiger charge is 2.11. The summed E-state index contributed by atoms with van der Waals surface area (Å²) in [5, 5.41) is 7.86. The Morgan fingerprint density at radius 3 is 2.95 bits per heavy atom. The third-order valence-corrected chi connectivity index (χ3v) is 3.79. The van der Waals surface area contributed by atoms with Gasteiger partial charge in [0.1, 0.15) is 11.6 Å². The Bertz CT molecular complexity index is 826. The molecule has 0 fully saturated rings. The van der Waals surface area contributed by atoms with Gasteiger partial charge in [0.2, 0.25) is 0 Å². The van der Waals surface area contributed by atoms with Gasteiger partial charge in [0.25, 0.3) is 0 Å². The molecule has 0 bridgehead atoms. The number of anilines is 3. The van der Waals surface area contributed by atoms with E-state index >= 15 is 0 Å². The summed E-state index contributed by atoms with van der Waals surface area (Å²) in [6.07, 6.45) is 1.08. The third kappa shape index (κ3) is 2.18. The van der Waals surface area contributed by atoms with Gasteiger partial charge in [-0.1, -0.05) is 12.1 Å². The van der Waals surface area contributed by atoms with E-state index in [4.69, 9.17) is 0 Å². The van der Waals surface area contributed by atoms with E-state index in [1.807, 2.05) is 31.2 Å². The lowest BCUT2D eigenvalue weighted by atomic mass is 10.1. The van der Waals surface area contributed by atoms with Crippen molar-refractivity contribution < 1.29 is 0 Å². The molecule has 4 heteroatoms. The second-order valence-corrected chi connectivity index (χ2v) is 5.31. The summed E-state index contributed by atoms with van der Waals surface area (Å²) in [6, 6.07) is 14.5. The molecule has 0 amide bonds. The third-order valence-electron chi connectivity index (χ3n) is 3.79. The molecule has 2 heterocycles. The normalized spacial score (nSPS) is 13.0. The molecular formula is C17H16N4. The van der Waals surface area contributed by atoms with Crippen LogP contribution in [0.5, 0.6) is 0 Å². The second-order valence-electron chi connectivity index (χ2n) is 5.31. The SMILES string of the molecule is Cc1nc(Nc2ccc3c(c2)CCN3)c2ccccc2n1. The summed E-state index contributed by atoms with van der Waals surface area (Å²) in [5.74, 6) is 1.64. The van der Waals surface area contributed by atoms with Gasteiger partial charge >= 0.3 is 0 Å². The fourth-order valence-electron chi connectivity index (χ4n) is 2.81. The highest BCUT2D eigenvalue weighted by Crippen LogP contribution is 2.28. The average molecular weight is 276 g/mol. The molecule has 1 aliphatic rings. The van der Waals surface area contributed by atoms with Crippen molar-refractivity contribution in [3.8, 4) is 0 Å². The first-order valence-electron chi connectivity index (χ1n) is 7.17. The van der Waals surface area contributed by atoms with Crippen molar-refractivity contribution in [1.82, 2.24) is 9.97 Å². The first-order chi connectivity index (χ1) is 10.3. The summed E-state index contributed by atoms with van der Waals surface area (Å²) < 4.78 is 0. The minimum Gasteiger partial charge on any atom is -0.384 e. The smallest absolute Gasteiger partial charge is 0.142 e. The molecule has 21 heavy (non-hydrogen) atoms. The van der Waals surface area contributed by atoms with Crippen LogP contribution in [-0.2, 0) is 6.42 Å². The second kappa shape index (κ2) is 4.74.